The Hall–Kier alpha value is -1.00. The quantitative estimate of drug-likeness (QED) is 0.590. The Morgan fingerprint density at radius 3 is 2.56 bits per heavy atom. The zero-order chi connectivity index (χ0) is 11.8. The van der Waals surface area contributed by atoms with Crippen LogP contribution in [-0.4, -0.2) is 25.8 Å². The SMILES string of the molecule is CNCCCC(=O)Nc1ccc(SC)cc1. The van der Waals surface area contributed by atoms with Crippen LogP contribution in [-0.2, 0) is 4.79 Å². The highest BCUT2D eigenvalue weighted by Crippen LogP contribution is 2.17. The number of carbonyl (C=O) groups excluding carboxylic acids is 1. The normalized spacial score (nSPS) is 10.1. The van der Waals surface area contributed by atoms with E-state index in [0.717, 1.165) is 18.7 Å². The molecule has 3 nitrogen and oxygen atoms in total. The van der Waals surface area contributed by atoms with Crippen molar-refractivity contribution in [3.63, 3.8) is 0 Å². The summed E-state index contributed by atoms with van der Waals surface area (Å²) in [6.07, 6.45) is 3.46. The molecule has 0 atom stereocenters. The summed E-state index contributed by atoms with van der Waals surface area (Å²) in [6, 6.07) is 7.88. The number of rotatable bonds is 6. The molecule has 88 valence electrons. The molecule has 0 heterocycles. The summed E-state index contributed by atoms with van der Waals surface area (Å²) in [4.78, 5) is 12.7. The molecule has 0 saturated heterocycles. The van der Waals surface area contributed by atoms with Crippen LogP contribution in [0.5, 0.6) is 0 Å². The molecule has 0 aliphatic heterocycles. The molecule has 0 fully saturated rings. The van der Waals surface area contributed by atoms with E-state index in [9.17, 15) is 4.79 Å². The fourth-order valence-electron chi connectivity index (χ4n) is 1.32. The van der Waals surface area contributed by atoms with Gasteiger partial charge in [-0.25, -0.2) is 0 Å². The Labute approximate surface area is 101 Å². The van der Waals surface area contributed by atoms with E-state index in [2.05, 4.69) is 10.6 Å². The Morgan fingerprint density at radius 1 is 1.31 bits per heavy atom. The van der Waals surface area contributed by atoms with E-state index < -0.39 is 0 Å². The Kier molecular flexibility index (Phi) is 5.96. The lowest BCUT2D eigenvalue weighted by molar-refractivity contribution is -0.116. The van der Waals surface area contributed by atoms with E-state index in [-0.39, 0.29) is 5.91 Å². The van der Waals surface area contributed by atoms with E-state index in [1.807, 2.05) is 37.6 Å². The minimum atomic E-state index is 0.0761. The van der Waals surface area contributed by atoms with Crippen LogP contribution < -0.4 is 10.6 Å². The molecule has 4 heteroatoms. The lowest BCUT2D eigenvalue weighted by Gasteiger charge is -2.05. The third-order valence-corrected chi connectivity index (χ3v) is 2.95. The molecule has 1 rings (SSSR count). The van der Waals surface area contributed by atoms with Crippen LogP contribution >= 0.6 is 11.8 Å². The number of amides is 1. The summed E-state index contributed by atoms with van der Waals surface area (Å²) in [7, 11) is 1.89. The van der Waals surface area contributed by atoms with Crippen molar-refractivity contribution in [3.8, 4) is 0 Å². The highest BCUT2D eigenvalue weighted by Gasteiger charge is 2.01. The van der Waals surface area contributed by atoms with Gasteiger partial charge in [-0.2, -0.15) is 0 Å². The Balaban J connectivity index is 2.37. The minimum Gasteiger partial charge on any atom is -0.326 e. The highest BCUT2D eigenvalue weighted by molar-refractivity contribution is 7.98. The van der Waals surface area contributed by atoms with Crippen LogP contribution in [0.3, 0.4) is 0 Å². The molecular formula is C12H18N2OS. The van der Waals surface area contributed by atoms with Crippen molar-refractivity contribution in [2.24, 2.45) is 0 Å². The summed E-state index contributed by atoms with van der Waals surface area (Å²) in [6.45, 7) is 0.874. The molecule has 0 aliphatic carbocycles. The largest absolute Gasteiger partial charge is 0.326 e. The van der Waals surface area contributed by atoms with Gasteiger partial charge in [0.05, 0.1) is 0 Å². The number of anilines is 1. The van der Waals surface area contributed by atoms with E-state index >= 15 is 0 Å². The maximum atomic E-state index is 11.5. The molecule has 0 saturated carbocycles. The van der Waals surface area contributed by atoms with Gasteiger partial charge in [-0.05, 0) is 50.5 Å². The molecule has 0 bridgehead atoms. The lowest BCUT2D eigenvalue weighted by Crippen LogP contribution is -2.15. The first kappa shape index (κ1) is 13.1. The van der Waals surface area contributed by atoms with Crippen molar-refractivity contribution in [2.45, 2.75) is 17.7 Å². The predicted molar refractivity (Wildman–Crippen MR) is 70.0 cm³/mol. The summed E-state index contributed by atoms with van der Waals surface area (Å²) in [5, 5.41) is 5.90. The fraction of sp³-hybridized carbons (Fsp3) is 0.417. The van der Waals surface area contributed by atoms with Crippen molar-refractivity contribution < 1.29 is 4.79 Å². The first-order chi connectivity index (χ1) is 7.76. The van der Waals surface area contributed by atoms with Crippen LogP contribution in [0, 0.1) is 0 Å². The number of hydrogen-bond donors (Lipinski definition) is 2. The molecule has 1 aromatic rings. The summed E-state index contributed by atoms with van der Waals surface area (Å²) >= 11 is 1.69. The van der Waals surface area contributed by atoms with Crippen LogP contribution in [0.2, 0.25) is 0 Å². The number of benzene rings is 1. The van der Waals surface area contributed by atoms with Gasteiger partial charge < -0.3 is 10.6 Å². The molecule has 2 N–H and O–H groups in total. The summed E-state index contributed by atoms with van der Waals surface area (Å²) in [5.74, 6) is 0.0761. The van der Waals surface area contributed by atoms with Gasteiger partial charge in [0.1, 0.15) is 0 Å². The fourth-order valence-corrected chi connectivity index (χ4v) is 1.73. The Bertz CT molecular complexity index is 324. The molecule has 0 unspecified atom stereocenters. The third-order valence-electron chi connectivity index (χ3n) is 2.20. The standard InChI is InChI=1S/C12H18N2OS/c1-13-9-3-4-12(15)14-10-5-7-11(16-2)8-6-10/h5-8,13H,3-4,9H2,1-2H3,(H,14,15). The summed E-state index contributed by atoms with van der Waals surface area (Å²) in [5.41, 5.74) is 0.868. The van der Waals surface area contributed by atoms with Gasteiger partial charge in [0, 0.05) is 17.0 Å². The van der Waals surface area contributed by atoms with Gasteiger partial charge in [-0.1, -0.05) is 0 Å². The predicted octanol–water partition coefficient (Wildman–Crippen LogP) is 2.35. The van der Waals surface area contributed by atoms with Crippen LogP contribution in [0.4, 0.5) is 5.69 Å². The second-order valence-electron chi connectivity index (χ2n) is 3.48. The van der Waals surface area contributed by atoms with Crippen molar-refractivity contribution in [3.05, 3.63) is 24.3 Å². The molecular weight excluding hydrogens is 220 g/mol. The van der Waals surface area contributed by atoms with Crippen molar-refractivity contribution in [1.82, 2.24) is 5.32 Å². The van der Waals surface area contributed by atoms with Crippen molar-refractivity contribution >= 4 is 23.4 Å². The maximum absolute atomic E-state index is 11.5. The van der Waals surface area contributed by atoms with Gasteiger partial charge in [0.15, 0.2) is 0 Å². The van der Waals surface area contributed by atoms with Gasteiger partial charge in [-0.3, -0.25) is 4.79 Å². The topological polar surface area (TPSA) is 41.1 Å². The number of carbonyl (C=O) groups is 1. The summed E-state index contributed by atoms with van der Waals surface area (Å²) < 4.78 is 0. The number of thioether (sulfide) groups is 1. The maximum Gasteiger partial charge on any atom is 0.224 e. The van der Waals surface area contributed by atoms with Crippen LogP contribution in [0.1, 0.15) is 12.8 Å². The average Bonchev–Trinajstić information content (AvgIpc) is 2.30. The molecule has 0 aromatic heterocycles. The van der Waals surface area contributed by atoms with Gasteiger partial charge in [0.2, 0.25) is 5.91 Å². The average molecular weight is 238 g/mol. The number of nitrogens with one attached hydrogen (secondary N) is 2. The first-order valence-corrected chi connectivity index (χ1v) is 6.57. The second kappa shape index (κ2) is 7.30. The smallest absolute Gasteiger partial charge is 0.224 e. The van der Waals surface area contributed by atoms with E-state index in [1.54, 1.807) is 11.8 Å². The van der Waals surface area contributed by atoms with Gasteiger partial charge in [0.25, 0.3) is 0 Å². The second-order valence-corrected chi connectivity index (χ2v) is 4.36. The zero-order valence-corrected chi connectivity index (χ0v) is 10.6. The minimum absolute atomic E-state index is 0.0761. The molecule has 16 heavy (non-hydrogen) atoms. The van der Waals surface area contributed by atoms with Crippen LogP contribution in [0.15, 0.2) is 29.2 Å². The van der Waals surface area contributed by atoms with Crippen molar-refractivity contribution in [1.29, 1.82) is 0 Å². The van der Waals surface area contributed by atoms with E-state index in [4.69, 9.17) is 0 Å². The molecule has 1 amide bonds. The Morgan fingerprint density at radius 2 is 2.00 bits per heavy atom. The van der Waals surface area contributed by atoms with Crippen LogP contribution in [0.25, 0.3) is 0 Å². The molecule has 0 aliphatic rings. The van der Waals surface area contributed by atoms with E-state index in [0.29, 0.717) is 6.42 Å². The number of hydrogen-bond acceptors (Lipinski definition) is 3. The monoisotopic (exact) mass is 238 g/mol. The van der Waals surface area contributed by atoms with Gasteiger partial charge >= 0.3 is 0 Å². The van der Waals surface area contributed by atoms with Gasteiger partial charge in [-0.15, -0.1) is 11.8 Å². The molecule has 0 radical (unpaired) electrons. The lowest BCUT2D eigenvalue weighted by atomic mass is 10.2. The third kappa shape index (κ3) is 4.68. The van der Waals surface area contributed by atoms with Crippen molar-refractivity contribution in [2.75, 3.05) is 25.2 Å². The highest BCUT2D eigenvalue weighted by atomic mass is 32.2. The van der Waals surface area contributed by atoms with E-state index in [1.165, 1.54) is 4.90 Å². The molecule has 0 spiro atoms. The molecule has 1 aromatic carbocycles. The first-order valence-electron chi connectivity index (χ1n) is 5.34. The zero-order valence-electron chi connectivity index (χ0n) is 9.75.